The molecule has 1 amide bonds. The normalized spacial score (nSPS) is 19.3. The molecule has 0 radical (unpaired) electrons. The summed E-state index contributed by atoms with van der Waals surface area (Å²) in [7, 11) is 0. The number of alkyl halides is 4. The highest BCUT2D eigenvalue weighted by molar-refractivity contribution is 5.94. The van der Waals surface area contributed by atoms with E-state index in [-0.39, 0.29) is 55.2 Å². The third kappa shape index (κ3) is 6.68. The van der Waals surface area contributed by atoms with Crippen LogP contribution in [0.5, 0.6) is 0 Å². The standard InChI is InChI=1S/C26H32F4N4O3/c1-25(27,28)20-9-5-4-8-19(20)22-15-21(32-34(22)18-6-2-3-7-18)24(37)31-17(14-23(35)36)10-12-33-13-11-26(29,30)16-33/h4-5,8-9,15,17-18H,2-3,6-7,10-14,16H2,1H3,(H,31,37)(H,35,36)/t17-/m0/s1. The zero-order valence-electron chi connectivity index (χ0n) is 20.7. The molecular formula is C26H32F4N4O3. The van der Waals surface area contributed by atoms with E-state index in [4.69, 9.17) is 0 Å². The van der Waals surface area contributed by atoms with Crippen LogP contribution in [0.15, 0.2) is 30.3 Å². The maximum atomic E-state index is 14.4. The Morgan fingerprint density at radius 1 is 1.24 bits per heavy atom. The minimum Gasteiger partial charge on any atom is -0.481 e. The van der Waals surface area contributed by atoms with Crippen molar-refractivity contribution < 1.29 is 32.3 Å². The molecule has 7 nitrogen and oxygen atoms in total. The number of carbonyl (C=O) groups is 2. The molecule has 202 valence electrons. The van der Waals surface area contributed by atoms with E-state index in [1.165, 1.54) is 18.2 Å². The van der Waals surface area contributed by atoms with Crippen LogP contribution < -0.4 is 5.32 Å². The fraction of sp³-hybridized carbons (Fsp3) is 0.577. The monoisotopic (exact) mass is 524 g/mol. The van der Waals surface area contributed by atoms with Gasteiger partial charge in [-0.3, -0.25) is 19.2 Å². The van der Waals surface area contributed by atoms with E-state index < -0.39 is 36.3 Å². The Balaban J connectivity index is 1.58. The molecule has 1 atom stereocenters. The molecule has 0 unspecified atom stereocenters. The van der Waals surface area contributed by atoms with Crippen LogP contribution in [0.3, 0.4) is 0 Å². The summed E-state index contributed by atoms with van der Waals surface area (Å²) in [5, 5.41) is 16.5. The minimum atomic E-state index is -3.11. The minimum absolute atomic E-state index is 0.000725. The highest BCUT2D eigenvalue weighted by Gasteiger charge is 2.38. The number of aromatic nitrogens is 2. The van der Waals surface area contributed by atoms with Crippen LogP contribution in [-0.4, -0.2) is 63.3 Å². The van der Waals surface area contributed by atoms with Crippen LogP contribution in [0.25, 0.3) is 11.3 Å². The molecule has 1 aliphatic carbocycles. The maximum absolute atomic E-state index is 14.4. The summed E-state index contributed by atoms with van der Waals surface area (Å²) in [4.78, 5) is 26.1. The predicted octanol–water partition coefficient (Wildman–Crippen LogP) is 5.08. The van der Waals surface area contributed by atoms with E-state index >= 15 is 0 Å². The highest BCUT2D eigenvalue weighted by atomic mass is 19.3. The van der Waals surface area contributed by atoms with Crippen LogP contribution >= 0.6 is 0 Å². The van der Waals surface area contributed by atoms with Crippen LogP contribution in [0.2, 0.25) is 0 Å². The first-order valence-electron chi connectivity index (χ1n) is 12.6. The van der Waals surface area contributed by atoms with Crippen molar-refractivity contribution in [3.05, 3.63) is 41.6 Å². The largest absolute Gasteiger partial charge is 0.481 e. The predicted molar refractivity (Wildman–Crippen MR) is 129 cm³/mol. The molecule has 2 aromatic rings. The number of hydrogen-bond acceptors (Lipinski definition) is 4. The van der Waals surface area contributed by atoms with Crippen molar-refractivity contribution in [2.75, 3.05) is 19.6 Å². The molecule has 0 bridgehead atoms. The number of carboxylic acids is 1. The highest BCUT2D eigenvalue weighted by Crippen LogP contribution is 2.39. The van der Waals surface area contributed by atoms with Gasteiger partial charge in [-0.1, -0.05) is 37.1 Å². The Kier molecular flexibility index (Phi) is 7.91. The Bertz CT molecular complexity index is 1130. The van der Waals surface area contributed by atoms with E-state index in [1.54, 1.807) is 21.7 Å². The molecule has 1 aromatic carbocycles. The third-order valence-electron chi connectivity index (χ3n) is 7.11. The zero-order chi connectivity index (χ0) is 26.8. The van der Waals surface area contributed by atoms with Crippen LogP contribution in [-0.2, 0) is 10.7 Å². The number of carbonyl (C=O) groups excluding carboxylic acids is 1. The van der Waals surface area contributed by atoms with Crippen LogP contribution in [0.1, 0.15) is 74.0 Å². The quantitative estimate of drug-likeness (QED) is 0.424. The van der Waals surface area contributed by atoms with Crippen molar-refractivity contribution in [1.29, 1.82) is 0 Å². The molecule has 2 heterocycles. The maximum Gasteiger partial charge on any atom is 0.305 e. The molecule has 2 fully saturated rings. The molecule has 37 heavy (non-hydrogen) atoms. The van der Waals surface area contributed by atoms with Gasteiger partial charge in [0.2, 0.25) is 0 Å². The second-order valence-electron chi connectivity index (χ2n) is 10.2. The molecule has 1 aromatic heterocycles. The number of likely N-dealkylation sites (tertiary alicyclic amines) is 1. The number of benzene rings is 1. The number of aliphatic carboxylic acids is 1. The lowest BCUT2D eigenvalue weighted by molar-refractivity contribution is -0.137. The van der Waals surface area contributed by atoms with Gasteiger partial charge in [-0.25, -0.2) is 17.6 Å². The SMILES string of the molecule is CC(F)(F)c1ccccc1-c1cc(C(=O)N[C@@H](CCN2CCC(F)(F)C2)CC(=O)O)nn1C1CCCC1. The van der Waals surface area contributed by atoms with Crippen molar-refractivity contribution in [3.63, 3.8) is 0 Å². The second-order valence-corrected chi connectivity index (χ2v) is 10.2. The molecule has 11 heteroatoms. The molecule has 1 saturated carbocycles. The topological polar surface area (TPSA) is 87.5 Å². The summed E-state index contributed by atoms with van der Waals surface area (Å²) in [6.07, 6.45) is 3.10. The van der Waals surface area contributed by atoms with Crippen LogP contribution in [0.4, 0.5) is 17.6 Å². The Hall–Kier alpha value is -2.95. The first kappa shape index (κ1) is 27.1. The number of carboxylic acid groups (broad SMARTS) is 1. The molecule has 2 aliphatic rings. The number of amides is 1. The molecule has 1 aliphatic heterocycles. The fourth-order valence-electron chi connectivity index (χ4n) is 5.25. The Morgan fingerprint density at radius 3 is 2.57 bits per heavy atom. The lowest BCUT2D eigenvalue weighted by atomic mass is 9.99. The van der Waals surface area contributed by atoms with Gasteiger partial charge in [0.1, 0.15) is 0 Å². The molecule has 4 rings (SSSR count). The summed E-state index contributed by atoms with van der Waals surface area (Å²) in [5.74, 6) is -7.63. The van der Waals surface area contributed by atoms with Gasteiger partial charge in [-0.15, -0.1) is 0 Å². The Morgan fingerprint density at radius 2 is 1.95 bits per heavy atom. The average Bonchev–Trinajstić information content (AvgIpc) is 3.56. The number of hydrogen-bond donors (Lipinski definition) is 2. The van der Waals surface area contributed by atoms with E-state index in [0.29, 0.717) is 5.69 Å². The van der Waals surface area contributed by atoms with Crippen molar-refractivity contribution in [1.82, 2.24) is 20.0 Å². The molecule has 0 spiro atoms. The summed E-state index contributed by atoms with van der Waals surface area (Å²) in [5.41, 5.74) is 0.514. The zero-order valence-corrected chi connectivity index (χ0v) is 20.7. The summed E-state index contributed by atoms with van der Waals surface area (Å²) >= 11 is 0. The fourth-order valence-corrected chi connectivity index (χ4v) is 5.25. The van der Waals surface area contributed by atoms with Gasteiger partial charge in [0.25, 0.3) is 17.8 Å². The summed E-state index contributed by atoms with van der Waals surface area (Å²) < 4.78 is 57.5. The third-order valence-corrected chi connectivity index (χ3v) is 7.11. The van der Waals surface area contributed by atoms with Gasteiger partial charge < -0.3 is 10.4 Å². The second kappa shape index (κ2) is 10.8. The number of rotatable bonds is 10. The molecule has 2 N–H and O–H groups in total. The lowest BCUT2D eigenvalue weighted by Gasteiger charge is -2.21. The number of nitrogens with one attached hydrogen (secondary N) is 1. The van der Waals surface area contributed by atoms with Gasteiger partial charge in [-0.05, 0) is 25.3 Å². The first-order valence-corrected chi connectivity index (χ1v) is 12.6. The number of halogens is 4. The average molecular weight is 525 g/mol. The van der Waals surface area contributed by atoms with Gasteiger partial charge in [0.05, 0.1) is 24.7 Å². The van der Waals surface area contributed by atoms with Crippen molar-refractivity contribution >= 4 is 11.9 Å². The van der Waals surface area contributed by atoms with Crippen molar-refractivity contribution in [2.24, 2.45) is 0 Å². The van der Waals surface area contributed by atoms with E-state index in [1.807, 2.05) is 0 Å². The smallest absolute Gasteiger partial charge is 0.305 e. The van der Waals surface area contributed by atoms with E-state index in [9.17, 15) is 32.3 Å². The van der Waals surface area contributed by atoms with Crippen molar-refractivity contribution in [3.8, 4) is 11.3 Å². The number of nitrogens with zero attached hydrogens (tertiary/aromatic N) is 3. The first-order chi connectivity index (χ1) is 17.4. The molecule has 1 saturated heterocycles. The van der Waals surface area contributed by atoms with Crippen molar-refractivity contribution in [2.45, 2.75) is 75.8 Å². The van der Waals surface area contributed by atoms with E-state index in [0.717, 1.165) is 32.6 Å². The van der Waals surface area contributed by atoms with Gasteiger partial charge in [-0.2, -0.15) is 5.10 Å². The van der Waals surface area contributed by atoms with E-state index in [2.05, 4.69) is 10.4 Å². The summed E-state index contributed by atoms with van der Waals surface area (Å²) in [6.45, 7) is 0.853. The molecular weight excluding hydrogens is 492 g/mol. The van der Waals surface area contributed by atoms with Crippen LogP contribution in [0, 0.1) is 0 Å². The summed E-state index contributed by atoms with van der Waals surface area (Å²) in [6, 6.07) is 6.75. The lowest BCUT2D eigenvalue weighted by Crippen LogP contribution is -2.39. The Labute approximate surface area is 212 Å². The van der Waals surface area contributed by atoms with Gasteiger partial charge in [0, 0.05) is 43.6 Å². The van der Waals surface area contributed by atoms with Gasteiger partial charge >= 0.3 is 5.97 Å². The van der Waals surface area contributed by atoms with Gasteiger partial charge in [0.15, 0.2) is 5.69 Å².